The first-order valence-corrected chi connectivity index (χ1v) is 6.30. The van der Waals surface area contributed by atoms with Crippen LogP contribution in [0.15, 0.2) is 24.3 Å². The van der Waals surface area contributed by atoms with E-state index in [2.05, 4.69) is 19.2 Å². The molecule has 0 fully saturated rings. The van der Waals surface area contributed by atoms with Gasteiger partial charge in [-0.15, -0.1) is 0 Å². The molecule has 4 heteroatoms. The third-order valence-corrected chi connectivity index (χ3v) is 2.88. The second kappa shape index (κ2) is 6.78. The Balaban J connectivity index is 2.40. The fraction of sp³-hybridized carbons (Fsp3) is 0.571. The number of nitrogens with one attached hydrogen (secondary N) is 1. The van der Waals surface area contributed by atoms with Gasteiger partial charge >= 0.3 is 6.18 Å². The number of rotatable bonds is 6. The highest BCUT2D eigenvalue weighted by Gasteiger charge is 2.29. The van der Waals surface area contributed by atoms with E-state index in [1.165, 1.54) is 18.6 Å². The maximum absolute atomic E-state index is 12.3. The SMILES string of the molecule is CCCC(C)CNCc1ccc(C(F)(F)F)cc1. The van der Waals surface area contributed by atoms with E-state index in [4.69, 9.17) is 0 Å². The molecule has 1 nitrogen and oxygen atoms in total. The second-order valence-corrected chi connectivity index (χ2v) is 4.72. The van der Waals surface area contributed by atoms with Crippen molar-refractivity contribution in [2.75, 3.05) is 6.54 Å². The summed E-state index contributed by atoms with van der Waals surface area (Å²) in [6, 6.07) is 5.32. The van der Waals surface area contributed by atoms with Crippen LogP contribution in [0.1, 0.15) is 37.8 Å². The van der Waals surface area contributed by atoms with Crippen LogP contribution in [-0.2, 0) is 12.7 Å². The highest BCUT2D eigenvalue weighted by molar-refractivity contribution is 5.24. The standard InChI is InChI=1S/C14H20F3N/c1-3-4-11(2)9-18-10-12-5-7-13(8-6-12)14(15,16)17/h5-8,11,18H,3-4,9-10H2,1-2H3. The van der Waals surface area contributed by atoms with Gasteiger partial charge in [-0.2, -0.15) is 13.2 Å². The zero-order valence-corrected chi connectivity index (χ0v) is 10.8. The van der Waals surface area contributed by atoms with Gasteiger partial charge in [0.1, 0.15) is 0 Å². The molecular formula is C14H20F3N. The van der Waals surface area contributed by atoms with Crippen molar-refractivity contribution in [2.45, 2.75) is 39.4 Å². The minimum atomic E-state index is -4.25. The van der Waals surface area contributed by atoms with Crippen molar-refractivity contribution >= 4 is 0 Å². The summed E-state index contributed by atoms with van der Waals surface area (Å²) in [7, 11) is 0. The van der Waals surface area contributed by atoms with E-state index in [0.717, 1.165) is 30.7 Å². The molecule has 1 atom stereocenters. The molecule has 0 aliphatic rings. The Morgan fingerprint density at radius 3 is 2.28 bits per heavy atom. The normalized spacial score (nSPS) is 13.6. The largest absolute Gasteiger partial charge is 0.416 e. The molecule has 0 spiro atoms. The highest BCUT2D eigenvalue weighted by atomic mass is 19.4. The first-order valence-electron chi connectivity index (χ1n) is 6.30. The lowest BCUT2D eigenvalue weighted by atomic mass is 10.1. The molecule has 1 aromatic carbocycles. The number of hydrogen-bond acceptors (Lipinski definition) is 1. The summed E-state index contributed by atoms with van der Waals surface area (Å²) in [5.74, 6) is 0.601. The van der Waals surface area contributed by atoms with Gasteiger partial charge < -0.3 is 5.32 Å². The van der Waals surface area contributed by atoms with Crippen molar-refractivity contribution in [2.24, 2.45) is 5.92 Å². The maximum atomic E-state index is 12.3. The third-order valence-electron chi connectivity index (χ3n) is 2.88. The minimum absolute atomic E-state index is 0.592. The summed E-state index contributed by atoms with van der Waals surface area (Å²) in [6.07, 6.45) is -1.93. The molecule has 0 saturated heterocycles. The summed E-state index contributed by atoms with van der Waals surface area (Å²) in [5.41, 5.74) is 0.289. The van der Waals surface area contributed by atoms with E-state index in [1.54, 1.807) is 0 Å². The fourth-order valence-corrected chi connectivity index (χ4v) is 1.87. The van der Waals surface area contributed by atoms with Gasteiger partial charge in [-0.25, -0.2) is 0 Å². The Kier molecular flexibility index (Phi) is 5.66. The molecule has 0 radical (unpaired) electrons. The van der Waals surface area contributed by atoms with Gasteiger partial charge in [-0.3, -0.25) is 0 Å². The summed E-state index contributed by atoms with van der Waals surface area (Å²) >= 11 is 0. The Morgan fingerprint density at radius 2 is 1.78 bits per heavy atom. The quantitative estimate of drug-likeness (QED) is 0.806. The van der Waals surface area contributed by atoms with Crippen LogP contribution in [0.4, 0.5) is 13.2 Å². The van der Waals surface area contributed by atoms with Gasteiger partial charge in [0.2, 0.25) is 0 Å². The zero-order chi connectivity index (χ0) is 13.6. The lowest BCUT2D eigenvalue weighted by Crippen LogP contribution is -2.20. The first kappa shape index (κ1) is 15.0. The number of hydrogen-bond donors (Lipinski definition) is 1. The Labute approximate surface area is 106 Å². The van der Waals surface area contributed by atoms with Crippen LogP contribution < -0.4 is 5.32 Å². The lowest BCUT2D eigenvalue weighted by Gasteiger charge is -2.12. The van der Waals surface area contributed by atoms with E-state index in [-0.39, 0.29) is 0 Å². The fourth-order valence-electron chi connectivity index (χ4n) is 1.87. The van der Waals surface area contributed by atoms with Crippen LogP contribution in [0.3, 0.4) is 0 Å². The van der Waals surface area contributed by atoms with Crippen molar-refractivity contribution in [3.05, 3.63) is 35.4 Å². The molecule has 0 bridgehead atoms. The zero-order valence-electron chi connectivity index (χ0n) is 10.8. The van der Waals surface area contributed by atoms with Crippen LogP contribution >= 0.6 is 0 Å². The molecule has 1 aromatic rings. The lowest BCUT2D eigenvalue weighted by molar-refractivity contribution is -0.137. The van der Waals surface area contributed by atoms with Crippen LogP contribution in [0.5, 0.6) is 0 Å². The molecule has 1 unspecified atom stereocenters. The van der Waals surface area contributed by atoms with Crippen molar-refractivity contribution in [3.8, 4) is 0 Å². The van der Waals surface area contributed by atoms with Crippen LogP contribution in [0.25, 0.3) is 0 Å². The molecule has 0 saturated carbocycles. The average molecular weight is 259 g/mol. The topological polar surface area (TPSA) is 12.0 Å². The molecule has 0 aromatic heterocycles. The number of halogens is 3. The van der Waals surface area contributed by atoms with E-state index in [0.29, 0.717) is 12.5 Å². The summed E-state index contributed by atoms with van der Waals surface area (Å²) in [4.78, 5) is 0. The van der Waals surface area contributed by atoms with Crippen molar-refractivity contribution in [1.29, 1.82) is 0 Å². The van der Waals surface area contributed by atoms with E-state index < -0.39 is 11.7 Å². The summed E-state index contributed by atoms with van der Waals surface area (Å²) in [5, 5.41) is 3.26. The van der Waals surface area contributed by atoms with E-state index in [1.807, 2.05) is 0 Å². The summed E-state index contributed by atoms with van der Waals surface area (Å²) < 4.78 is 37.0. The van der Waals surface area contributed by atoms with Gasteiger partial charge in [0.25, 0.3) is 0 Å². The Morgan fingerprint density at radius 1 is 1.17 bits per heavy atom. The highest BCUT2D eigenvalue weighted by Crippen LogP contribution is 2.28. The third kappa shape index (κ3) is 5.08. The van der Waals surface area contributed by atoms with Gasteiger partial charge in [-0.05, 0) is 36.6 Å². The number of alkyl halides is 3. The molecule has 1 N–H and O–H groups in total. The molecule has 1 rings (SSSR count). The molecular weight excluding hydrogens is 239 g/mol. The molecule has 0 heterocycles. The Hall–Kier alpha value is -1.03. The van der Waals surface area contributed by atoms with Gasteiger partial charge in [0.05, 0.1) is 5.56 Å². The first-order chi connectivity index (χ1) is 8.43. The monoisotopic (exact) mass is 259 g/mol. The van der Waals surface area contributed by atoms with Crippen LogP contribution in [0, 0.1) is 5.92 Å². The predicted octanol–water partition coefficient (Wildman–Crippen LogP) is 4.23. The van der Waals surface area contributed by atoms with E-state index >= 15 is 0 Å². The second-order valence-electron chi connectivity index (χ2n) is 4.72. The molecule has 0 aliphatic heterocycles. The molecule has 0 amide bonds. The summed E-state index contributed by atoms with van der Waals surface area (Å²) in [6.45, 7) is 5.83. The van der Waals surface area contributed by atoms with Crippen molar-refractivity contribution in [1.82, 2.24) is 5.32 Å². The number of benzene rings is 1. The van der Waals surface area contributed by atoms with Gasteiger partial charge in [-0.1, -0.05) is 32.4 Å². The van der Waals surface area contributed by atoms with Crippen LogP contribution in [0.2, 0.25) is 0 Å². The molecule has 102 valence electrons. The Bertz CT molecular complexity index is 343. The molecule has 18 heavy (non-hydrogen) atoms. The van der Waals surface area contributed by atoms with Crippen molar-refractivity contribution < 1.29 is 13.2 Å². The maximum Gasteiger partial charge on any atom is 0.416 e. The van der Waals surface area contributed by atoms with Gasteiger partial charge in [0, 0.05) is 6.54 Å². The van der Waals surface area contributed by atoms with Crippen LogP contribution in [-0.4, -0.2) is 6.54 Å². The predicted molar refractivity (Wildman–Crippen MR) is 67.2 cm³/mol. The minimum Gasteiger partial charge on any atom is -0.312 e. The molecule has 0 aliphatic carbocycles. The van der Waals surface area contributed by atoms with Crippen molar-refractivity contribution in [3.63, 3.8) is 0 Å². The van der Waals surface area contributed by atoms with Gasteiger partial charge in [0.15, 0.2) is 0 Å². The van der Waals surface area contributed by atoms with E-state index in [9.17, 15) is 13.2 Å². The smallest absolute Gasteiger partial charge is 0.312 e. The average Bonchev–Trinajstić information content (AvgIpc) is 2.29.